The van der Waals surface area contributed by atoms with Gasteiger partial charge >= 0.3 is 0 Å². The zero-order valence-corrected chi connectivity index (χ0v) is 9.27. The van der Waals surface area contributed by atoms with Gasteiger partial charge in [-0.1, -0.05) is 6.07 Å². The summed E-state index contributed by atoms with van der Waals surface area (Å²) in [6.45, 7) is 2.02. The SMILES string of the molecule is CC(N)CC1Cc2c(O)cccc2N1C. The van der Waals surface area contributed by atoms with Gasteiger partial charge in [0.25, 0.3) is 0 Å². The third-order valence-corrected chi connectivity index (χ3v) is 3.14. The number of anilines is 1. The predicted octanol–water partition coefficient (Wildman–Crippen LogP) is 1.49. The van der Waals surface area contributed by atoms with Crippen LogP contribution in [0.15, 0.2) is 18.2 Å². The van der Waals surface area contributed by atoms with Crippen LogP contribution >= 0.6 is 0 Å². The Morgan fingerprint density at radius 3 is 2.93 bits per heavy atom. The van der Waals surface area contributed by atoms with Crippen molar-refractivity contribution in [3.63, 3.8) is 0 Å². The minimum atomic E-state index is 0.203. The summed E-state index contributed by atoms with van der Waals surface area (Å²) in [6.07, 6.45) is 1.87. The molecule has 3 N–H and O–H groups in total. The van der Waals surface area contributed by atoms with E-state index in [0.717, 1.165) is 24.1 Å². The summed E-state index contributed by atoms with van der Waals surface area (Å²) in [6, 6.07) is 6.32. The van der Waals surface area contributed by atoms with Crippen molar-refractivity contribution in [1.29, 1.82) is 0 Å². The third-order valence-electron chi connectivity index (χ3n) is 3.14. The highest BCUT2D eigenvalue weighted by molar-refractivity contribution is 5.63. The molecule has 2 unspecified atom stereocenters. The van der Waals surface area contributed by atoms with E-state index in [1.54, 1.807) is 6.07 Å². The van der Waals surface area contributed by atoms with Gasteiger partial charge in [0.15, 0.2) is 0 Å². The zero-order valence-electron chi connectivity index (χ0n) is 9.27. The Kier molecular flexibility index (Phi) is 2.57. The maximum absolute atomic E-state index is 9.74. The highest BCUT2D eigenvalue weighted by Gasteiger charge is 2.28. The number of nitrogens with zero attached hydrogens (tertiary/aromatic N) is 1. The maximum atomic E-state index is 9.74. The summed E-state index contributed by atoms with van der Waals surface area (Å²) in [5.41, 5.74) is 8.02. The van der Waals surface area contributed by atoms with Crippen LogP contribution in [0.4, 0.5) is 5.69 Å². The molecule has 0 aromatic heterocycles. The number of benzene rings is 1. The van der Waals surface area contributed by atoms with E-state index in [-0.39, 0.29) is 6.04 Å². The van der Waals surface area contributed by atoms with Gasteiger partial charge in [-0.25, -0.2) is 0 Å². The zero-order chi connectivity index (χ0) is 11.0. The number of likely N-dealkylation sites (N-methyl/N-ethyl adjacent to an activating group) is 1. The van der Waals surface area contributed by atoms with E-state index in [0.29, 0.717) is 11.8 Å². The molecule has 0 radical (unpaired) electrons. The lowest BCUT2D eigenvalue weighted by Crippen LogP contribution is -2.33. The Bertz CT molecular complexity index is 363. The van der Waals surface area contributed by atoms with Gasteiger partial charge in [0.2, 0.25) is 0 Å². The van der Waals surface area contributed by atoms with E-state index in [4.69, 9.17) is 5.73 Å². The summed E-state index contributed by atoms with van der Waals surface area (Å²) in [5.74, 6) is 0.409. The minimum absolute atomic E-state index is 0.203. The van der Waals surface area contributed by atoms with Gasteiger partial charge in [-0.3, -0.25) is 0 Å². The van der Waals surface area contributed by atoms with Crippen LogP contribution in [-0.2, 0) is 6.42 Å². The number of phenols is 1. The van der Waals surface area contributed by atoms with Gasteiger partial charge < -0.3 is 15.7 Å². The number of nitrogens with two attached hydrogens (primary N) is 1. The van der Waals surface area contributed by atoms with Crippen LogP contribution in [0.3, 0.4) is 0 Å². The molecule has 1 aromatic carbocycles. The molecule has 3 heteroatoms. The quantitative estimate of drug-likeness (QED) is 0.770. The molecule has 0 saturated carbocycles. The summed E-state index contributed by atoms with van der Waals surface area (Å²) < 4.78 is 0. The second-order valence-corrected chi connectivity index (χ2v) is 4.46. The van der Waals surface area contributed by atoms with E-state index in [1.165, 1.54) is 0 Å². The average molecular weight is 206 g/mol. The summed E-state index contributed by atoms with van der Waals surface area (Å²) in [4.78, 5) is 2.22. The van der Waals surface area contributed by atoms with Gasteiger partial charge in [0.1, 0.15) is 5.75 Å². The van der Waals surface area contributed by atoms with Gasteiger partial charge in [-0.15, -0.1) is 0 Å². The third kappa shape index (κ3) is 1.79. The molecule has 0 fully saturated rings. The number of hydrogen-bond acceptors (Lipinski definition) is 3. The molecule has 0 amide bonds. The van der Waals surface area contributed by atoms with Gasteiger partial charge in [0, 0.05) is 30.4 Å². The number of fused-ring (bicyclic) bond motifs is 1. The van der Waals surface area contributed by atoms with Crippen molar-refractivity contribution >= 4 is 5.69 Å². The molecular weight excluding hydrogens is 188 g/mol. The molecule has 3 nitrogen and oxygen atoms in total. The highest BCUT2D eigenvalue weighted by Crippen LogP contribution is 2.37. The van der Waals surface area contributed by atoms with Crippen molar-refractivity contribution in [1.82, 2.24) is 0 Å². The van der Waals surface area contributed by atoms with Crippen LogP contribution in [0.25, 0.3) is 0 Å². The summed E-state index contributed by atoms with van der Waals surface area (Å²) in [5, 5.41) is 9.74. The molecule has 15 heavy (non-hydrogen) atoms. The average Bonchev–Trinajstić information content (AvgIpc) is 2.46. The Morgan fingerprint density at radius 1 is 1.60 bits per heavy atom. The monoisotopic (exact) mass is 206 g/mol. The Morgan fingerprint density at radius 2 is 2.33 bits per heavy atom. The first-order valence-electron chi connectivity index (χ1n) is 5.39. The Balaban J connectivity index is 2.25. The number of rotatable bonds is 2. The number of phenolic OH excluding ortho intramolecular Hbond substituents is 1. The van der Waals surface area contributed by atoms with Crippen LogP contribution in [0, 0.1) is 0 Å². The molecule has 1 heterocycles. The van der Waals surface area contributed by atoms with Crippen molar-refractivity contribution in [3.05, 3.63) is 23.8 Å². The van der Waals surface area contributed by atoms with Crippen molar-refractivity contribution in [2.75, 3.05) is 11.9 Å². The molecule has 1 aliphatic heterocycles. The molecule has 1 aliphatic rings. The number of hydrogen-bond donors (Lipinski definition) is 2. The molecule has 2 rings (SSSR count). The van der Waals surface area contributed by atoms with Crippen LogP contribution in [0.1, 0.15) is 18.9 Å². The fourth-order valence-corrected chi connectivity index (χ4v) is 2.34. The topological polar surface area (TPSA) is 49.5 Å². The van der Waals surface area contributed by atoms with Crippen LogP contribution < -0.4 is 10.6 Å². The first kappa shape index (κ1) is 10.3. The van der Waals surface area contributed by atoms with Crippen molar-refractivity contribution in [3.8, 4) is 5.75 Å². The van der Waals surface area contributed by atoms with Crippen molar-refractivity contribution < 1.29 is 5.11 Å². The van der Waals surface area contributed by atoms with Gasteiger partial charge in [-0.05, 0) is 31.9 Å². The molecule has 0 aliphatic carbocycles. The van der Waals surface area contributed by atoms with E-state index >= 15 is 0 Å². The molecule has 0 saturated heterocycles. The molecule has 0 spiro atoms. The summed E-state index contributed by atoms with van der Waals surface area (Å²) >= 11 is 0. The largest absolute Gasteiger partial charge is 0.508 e. The fourth-order valence-electron chi connectivity index (χ4n) is 2.34. The predicted molar refractivity (Wildman–Crippen MR) is 62.3 cm³/mol. The Hall–Kier alpha value is -1.22. The van der Waals surface area contributed by atoms with E-state index in [9.17, 15) is 5.11 Å². The highest BCUT2D eigenvalue weighted by atomic mass is 16.3. The van der Waals surface area contributed by atoms with Crippen LogP contribution in [0.2, 0.25) is 0 Å². The van der Waals surface area contributed by atoms with E-state index in [2.05, 4.69) is 18.0 Å². The smallest absolute Gasteiger partial charge is 0.120 e. The second-order valence-electron chi connectivity index (χ2n) is 4.46. The molecule has 2 atom stereocenters. The lowest BCUT2D eigenvalue weighted by molar-refractivity contribution is 0.466. The normalized spacial score (nSPS) is 21.5. The second kappa shape index (κ2) is 3.74. The van der Waals surface area contributed by atoms with Crippen LogP contribution in [0.5, 0.6) is 5.75 Å². The molecule has 82 valence electrons. The first-order valence-corrected chi connectivity index (χ1v) is 5.39. The standard InChI is InChI=1S/C12H18N2O/c1-8(13)6-9-7-10-11(14(9)2)4-3-5-12(10)15/h3-5,8-9,15H,6-7,13H2,1-2H3. The van der Waals surface area contributed by atoms with E-state index < -0.39 is 0 Å². The van der Waals surface area contributed by atoms with Gasteiger partial charge in [0.05, 0.1) is 0 Å². The Labute approximate surface area is 90.5 Å². The van der Waals surface area contributed by atoms with Gasteiger partial charge in [-0.2, -0.15) is 0 Å². The molecule has 1 aromatic rings. The maximum Gasteiger partial charge on any atom is 0.120 e. The lowest BCUT2D eigenvalue weighted by Gasteiger charge is -2.23. The van der Waals surface area contributed by atoms with Crippen molar-refractivity contribution in [2.24, 2.45) is 5.73 Å². The van der Waals surface area contributed by atoms with Crippen LogP contribution in [-0.4, -0.2) is 24.2 Å². The summed E-state index contributed by atoms with van der Waals surface area (Å²) in [7, 11) is 2.07. The minimum Gasteiger partial charge on any atom is -0.508 e. The first-order chi connectivity index (χ1) is 7.09. The fraction of sp³-hybridized carbons (Fsp3) is 0.500. The van der Waals surface area contributed by atoms with E-state index in [1.807, 2.05) is 13.0 Å². The van der Waals surface area contributed by atoms with Crippen molar-refractivity contribution in [2.45, 2.75) is 31.8 Å². The molecular formula is C12H18N2O. The lowest BCUT2D eigenvalue weighted by atomic mass is 10.0. The molecule has 0 bridgehead atoms. The number of aromatic hydroxyl groups is 1.